The van der Waals surface area contributed by atoms with E-state index in [4.69, 9.17) is 4.74 Å². The van der Waals surface area contributed by atoms with Crippen molar-refractivity contribution in [3.05, 3.63) is 47.5 Å². The van der Waals surface area contributed by atoms with E-state index in [1.165, 1.54) is 0 Å². The van der Waals surface area contributed by atoms with Crippen molar-refractivity contribution in [2.24, 2.45) is 5.92 Å². The van der Waals surface area contributed by atoms with Crippen LogP contribution >= 0.6 is 0 Å². The molecule has 0 aliphatic heterocycles. The van der Waals surface area contributed by atoms with Gasteiger partial charge in [-0.1, -0.05) is 55.8 Å². The van der Waals surface area contributed by atoms with E-state index >= 15 is 0 Å². The first-order valence-corrected chi connectivity index (χ1v) is 9.32. The van der Waals surface area contributed by atoms with Crippen LogP contribution in [0.1, 0.15) is 46.1 Å². The van der Waals surface area contributed by atoms with Crippen molar-refractivity contribution in [2.45, 2.75) is 59.2 Å². The third-order valence-electron chi connectivity index (χ3n) is 3.90. The van der Waals surface area contributed by atoms with Crippen LogP contribution in [0.3, 0.4) is 0 Å². The van der Waals surface area contributed by atoms with Crippen molar-refractivity contribution < 1.29 is 24.2 Å². The van der Waals surface area contributed by atoms with Crippen molar-refractivity contribution in [1.29, 1.82) is 0 Å². The van der Waals surface area contributed by atoms with E-state index in [0.29, 0.717) is 6.42 Å². The molecule has 1 aromatic rings. The third kappa shape index (κ3) is 9.21. The first kappa shape index (κ1) is 23.2. The predicted molar refractivity (Wildman–Crippen MR) is 107 cm³/mol. The molecule has 0 fully saturated rings. The van der Waals surface area contributed by atoms with Crippen LogP contribution in [0.4, 0.5) is 4.79 Å². The number of allylic oxidation sites excluding steroid dienone is 1. The Kier molecular flexibility index (Phi) is 9.78. The maximum absolute atomic E-state index is 12.6. The third-order valence-corrected chi connectivity index (χ3v) is 3.90. The van der Waals surface area contributed by atoms with Crippen LogP contribution in [0, 0.1) is 5.92 Å². The van der Waals surface area contributed by atoms with Crippen molar-refractivity contribution in [3.8, 4) is 0 Å². The topological polar surface area (TPSA) is 105 Å². The highest BCUT2D eigenvalue weighted by Gasteiger charge is 2.27. The molecule has 7 heteroatoms. The minimum absolute atomic E-state index is 0.0843. The Balaban J connectivity index is 2.71. The van der Waals surface area contributed by atoms with Gasteiger partial charge in [0.25, 0.3) is 0 Å². The van der Waals surface area contributed by atoms with Gasteiger partial charge in [0.15, 0.2) is 0 Å². The zero-order valence-corrected chi connectivity index (χ0v) is 16.9. The lowest BCUT2D eigenvalue weighted by Gasteiger charge is -2.22. The Bertz CT molecular complexity index is 681. The molecule has 1 aromatic carbocycles. The summed E-state index contributed by atoms with van der Waals surface area (Å²) in [6.07, 6.45) is 1.57. The number of hydrogen-bond acceptors (Lipinski definition) is 4. The molecule has 0 aliphatic carbocycles. The molecule has 0 radical (unpaired) electrons. The Morgan fingerprint density at radius 3 is 2.25 bits per heavy atom. The van der Waals surface area contributed by atoms with E-state index in [9.17, 15) is 19.5 Å². The first-order valence-electron chi connectivity index (χ1n) is 9.32. The molecule has 0 aromatic heterocycles. The lowest BCUT2D eigenvalue weighted by Crippen LogP contribution is -2.52. The molecule has 2 amide bonds. The molecule has 3 N–H and O–H groups in total. The van der Waals surface area contributed by atoms with E-state index in [0.717, 1.165) is 11.1 Å². The molecule has 1 rings (SSSR count). The number of nitrogens with one attached hydrogen (secondary N) is 2. The van der Waals surface area contributed by atoms with Gasteiger partial charge in [-0.05, 0) is 38.2 Å². The highest BCUT2D eigenvalue weighted by molar-refractivity contribution is 5.89. The minimum atomic E-state index is -1.12. The van der Waals surface area contributed by atoms with Gasteiger partial charge in [-0.3, -0.25) is 4.79 Å². The summed E-state index contributed by atoms with van der Waals surface area (Å²) >= 11 is 0. The van der Waals surface area contributed by atoms with Crippen molar-refractivity contribution >= 4 is 18.0 Å². The molecule has 0 heterocycles. The molecule has 154 valence electrons. The number of ether oxygens (including phenoxy) is 1. The van der Waals surface area contributed by atoms with Gasteiger partial charge in [0.05, 0.1) is 0 Å². The highest BCUT2D eigenvalue weighted by atomic mass is 16.5. The molecule has 0 saturated heterocycles. The summed E-state index contributed by atoms with van der Waals surface area (Å²) in [5.41, 5.74) is 1.79. The van der Waals surface area contributed by atoms with Gasteiger partial charge in [-0.2, -0.15) is 0 Å². The first-order chi connectivity index (χ1) is 13.2. The summed E-state index contributed by atoms with van der Waals surface area (Å²) in [5.74, 6) is -1.55. The van der Waals surface area contributed by atoms with Crippen LogP contribution in [0.25, 0.3) is 0 Å². The van der Waals surface area contributed by atoms with Crippen LogP contribution in [0.15, 0.2) is 42.0 Å². The second-order valence-electron chi connectivity index (χ2n) is 7.30. The van der Waals surface area contributed by atoms with Crippen LogP contribution in [-0.4, -0.2) is 35.2 Å². The van der Waals surface area contributed by atoms with E-state index in [2.05, 4.69) is 10.6 Å². The van der Waals surface area contributed by atoms with Crippen LogP contribution in [0.5, 0.6) is 0 Å². The van der Waals surface area contributed by atoms with Crippen LogP contribution < -0.4 is 10.6 Å². The number of carboxylic acid groups (broad SMARTS) is 1. The Hall–Kier alpha value is -2.83. The van der Waals surface area contributed by atoms with Gasteiger partial charge < -0.3 is 20.5 Å². The number of alkyl carbamates (subject to hydrolysis) is 1. The van der Waals surface area contributed by atoms with E-state index < -0.39 is 30.1 Å². The number of hydrogen-bond donors (Lipinski definition) is 3. The summed E-state index contributed by atoms with van der Waals surface area (Å²) in [7, 11) is 0. The molecule has 0 aliphatic rings. The molecule has 7 nitrogen and oxygen atoms in total. The minimum Gasteiger partial charge on any atom is -0.480 e. The van der Waals surface area contributed by atoms with Crippen molar-refractivity contribution in [1.82, 2.24) is 10.6 Å². The lowest BCUT2D eigenvalue weighted by molar-refractivity contribution is -0.142. The van der Waals surface area contributed by atoms with Gasteiger partial charge in [-0.15, -0.1) is 0 Å². The standard InChI is InChI=1S/C21H30N2O5/c1-14(2)10-11-17(20(25)26)22-19(24)18(12-15(3)4)23-21(27)28-13-16-8-6-5-7-9-16/h5-10,15,17-18H,11-13H2,1-4H3,(H,22,24)(H,23,27)(H,25,26)/t17-,18+/m1/s1. The maximum Gasteiger partial charge on any atom is 0.408 e. The van der Waals surface area contributed by atoms with Gasteiger partial charge >= 0.3 is 12.1 Å². The highest BCUT2D eigenvalue weighted by Crippen LogP contribution is 2.08. The molecule has 0 unspecified atom stereocenters. The second-order valence-corrected chi connectivity index (χ2v) is 7.30. The smallest absolute Gasteiger partial charge is 0.408 e. The molecule has 0 bridgehead atoms. The summed E-state index contributed by atoms with van der Waals surface area (Å²) in [6, 6.07) is 7.25. The average molecular weight is 390 g/mol. The van der Waals surface area contributed by atoms with E-state index in [-0.39, 0.29) is 18.9 Å². The largest absolute Gasteiger partial charge is 0.480 e. The Morgan fingerprint density at radius 2 is 1.71 bits per heavy atom. The fourth-order valence-electron chi connectivity index (χ4n) is 2.46. The normalized spacial score (nSPS) is 12.6. The lowest BCUT2D eigenvalue weighted by atomic mass is 10.0. The van der Waals surface area contributed by atoms with Crippen molar-refractivity contribution in [3.63, 3.8) is 0 Å². The number of benzene rings is 1. The zero-order chi connectivity index (χ0) is 21.1. The number of rotatable bonds is 10. The van der Waals surface area contributed by atoms with E-state index in [1.54, 1.807) is 6.08 Å². The summed E-state index contributed by atoms with van der Waals surface area (Å²) in [6.45, 7) is 7.62. The summed E-state index contributed by atoms with van der Waals surface area (Å²) in [5, 5.41) is 14.4. The Morgan fingerprint density at radius 1 is 1.07 bits per heavy atom. The monoisotopic (exact) mass is 390 g/mol. The molecule has 28 heavy (non-hydrogen) atoms. The zero-order valence-electron chi connectivity index (χ0n) is 16.9. The number of aliphatic carboxylic acids is 1. The van der Waals surface area contributed by atoms with E-state index in [1.807, 2.05) is 58.0 Å². The maximum atomic E-state index is 12.6. The molecular formula is C21H30N2O5. The molecule has 0 spiro atoms. The number of carboxylic acids is 1. The molecular weight excluding hydrogens is 360 g/mol. The number of carbonyl (C=O) groups excluding carboxylic acids is 2. The van der Waals surface area contributed by atoms with Crippen LogP contribution in [0.2, 0.25) is 0 Å². The molecule has 0 saturated carbocycles. The van der Waals surface area contributed by atoms with Gasteiger partial charge in [0.1, 0.15) is 18.7 Å². The Labute approximate surface area is 166 Å². The average Bonchev–Trinajstić information content (AvgIpc) is 2.62. The summed E-state index contributed by atoms with van der Waals surface area (Å²) in [4.78, 5) is 36.1. The second kappa shape index (κ2) is 11.8. The molecule has 2 atom stereocenters. The SMILES string of the molecule is CC(C)=CC[C@@H](NC(=O)[C@H](CC(C)C)NC(=O)OCc1ccccc1)C(=O)O. The van der Waals surface area contributed by atoms with Crippen molar-refractivity contribution in [2.75, 3.05) is 0 Å². The van der Waals surface area contributed by atoms with Gasteiger partial charge in [0, 0.05) is 0 Å². The fourth-order valence-corrected chi connectivity index (χ4v) is 2.46. The van der Waals surface area contributed by atoms with Gasteiger partial charge in [-0.25, -0.2) is 9.59 Å². The fraction of sp³-hybridized carbons (Fsp3) is 0.476. The quantitative estimate of drug-likeness (QED) is 0.532. The summed E-state index contributed by atoms with van der Waals surface area (Å²) < 4.78 is 5.17. The van der Waals surface area contributed by atoms with Gasteiger partial charge in [0.2, 0.25) is 5.91 Å². The number of amides is 2. The van der Waals surface area contributed by atoms with Crippen LogP contribution in [-0.2, 0) is 20.9 Å². The number of carbonyl (C=O) groups is 3. The predicted octanol–water partition coefficient (Wildman–Crippen LogP) is 3.25.